The molecule has 0 N–H and O–H groups in total. The summed E-state index contributed by atoms with van der Waals surface area (Å²) in [6.45, 7) is 10.8. The van der Waals surface area contributed by atoms with Crippen molar-refractivity contribution in [1.82, 2.24) is 9.38 Å². The van der Waals surface area contributed by atoms with Crippen molar-refractivity contribution in [2.45, 2.75) is 58.3 Å². The molecule has 33 heavy (non-hydrogen) atoms. The molecule has 1 fully saturated rings. The molecular weight excluding hydrogens is 404 g/mol. The highest BCUT2D eigenvalue weighted by Gasteiger charge is 2.18. The second kappa shape index (κ2) is 8.79. The molecule has 0 amide bonds. The van der Waals surface area contributed by atoms with Crippen molar-refractivity contribution in [2.24, 2.45) is 0 Å². The number of aryl methyl sites for hydroxylation is 1. The molecule has 170 valence electrons. The minimum Gasteiger partial charge on any atom is -0.381 e. The fourth-order valence-corrected chi connectivity index (χ4v) is 5.12. The maximum Gasteiger partial charge on any atom is 0.140 e. The average Bonchev–Trinajstić information content (AvgIpc) is 3.30. The lowest BCUT2D eigenvalue weighted by molar-refractivity contribution is 0.0852. The Balaban J connectivity index is 1.42. The second-order valence-corrected chi connectivity index (χ2v) is 10.4. The molecular formula is C30H34N2O. The van der Waals surface area contributed by atoms with Gasteiger partial charge in [-0.25, -0.2) is 4.98 Å². The first-order valence-electron chi connectivity index (χ1n) is 12.1. The van der Waals surface area contributed by atoms with Crippen molar-refractivity contribution >= 4 is 5.65 Å². The first-order chi connectivity index (χ1) is 15.9. The lowest BCUT2D eigenvalue weighted by Crippen LogP contribution is -2.15. The van der Waals surface area contributed by atoms with E-state index in [9.17, 15) is 0 Å². The third kappa shape index (κ3) is 4.47. The van der Waals surface area contributed by atoms with Gasteiger partial charge in [-0.05, 0) is 70.5 Å². The van der Waals surface area contributed by atoms with Gasteiger partial charge in [0.2, 0.25) is 0 Å². The van der Waals surface area contributed by atoms with Gasteiger partial charge in [-0.3, -0.25) is 4.40 Å². The number of rotatable bonds is 4. The standard InChI is InChI=1S/C30H34N2O/c1-21-19-22(5-11-27(21)23-13-17-33-18-14-23)20-25-8-12-28(32-16-15-31-29(25)32)24-6-9-26(10-7-24)30(2,3)4/h5-12,15-16,19,23H,13-14,17-18,20H2,1-4H3. The number of pyridine rings is 1. The molecule has 0 aliphatic carbocycles. The SMILES string of the molecule is Cc1cc(Cc2ccc(-c3ccc(C(C)(C)C)cc3)n3ccnc23)ccc1C1CCOCC1. The van der Waals surface area contributed by atoms with E-state index in [0.717, 1.165) is 38.1 Å². The number of hydrogen-bond donors (Lipinski definition) is 0. The summed E-state index contributed by atoms with van der Waals surface area (Å²) in [6.07, 6.45) is 7.13. The van der Waals surface area contributed by atoms with E-state index in [2.05, 4.69) is 92.9 Å². The van der Waals surface area contributed by atoms with Crippen LogP contribution >= 0.6 is 0 Å². The molecule has 4 aromatic rings. The average molecular weight is 439 g/mol. The van der Waals surface area contributed by atoms with Gasteiger partial charge in [-0.2, -0.15) is 0 Å². The predicted octanol–water partition coefficient (Wildman–Crippen LogP) is 7.09. The molecule has 0 bridgehead atoms. The van der Waals surface area contributed by atoms with E-state index >= 15 is 0 Å². The summed E-state index contributed by atoms with van der Waals surface area (Å²) in [5.41, 5.74) is 10.4. The quantitative estimate of drug-likeness (QED) is 0.340. The number of hydrogen-bond acceptors (Lipinski definition) is 2. The molecule has 2 aromatic heterocycles. The molecule has 0 saturated carbocycles. The van der Waals surface area contributed by atoms with Crippen LogP contribution in [0.15, 0.2) is 67.0 Å². The summed E-state index contributed by atoms with van der Waals surface area (Å²) in [7, 11) is 0. The lowest BCUT2D eigenvalue weighted by Gasteiger charge is -2.24. The Kier molecular flexibility index (Phi) is 5.84. The lowest BCUT2D eigenvalue weighted by atomic mass is 9.86. The van der Waals surface area contributed by atoms with E-state index in [1.165, 1.54) is 39.1 Å². The Hall–Kier alpha value is -2.91. The molecule has 0 spiro atoms. The van der Waals surface area contributed by atoms with Crippen LogP contribution in [0, 0.1) is 6.92 Å². The van der Waals surface area contributed by atoms with E-state index in [4.69, 9.17) is 9.72 Å². The van der Waals surface area contributed by atoms with Crippen molar-refractivity contribution in [3.05, 3.63) is 94.8 Å². The smallest absolute Gasteiger partial charge is 0.140 e. The van der Waals surface area contributed by atoms with Crippen LogP contribution < -0.4 is 0 Å². The van der Waals surface area contributed by atoms with E-state index < -0.39 is 0 Å². The van der Waals surface area contributed by atoms with Gasteiger partial charge < -0.3 is 4.74 Å². The summed E-state index contributed by atoms with van der Waals surface area (Å²) < 4.78 is 7.78. The van der Waals surface area contributed by atoms with Crippen LogP contribution in [-0.4, -0.2) is 22.6 Å². The van der Waals surface area contributed by atoms with E-state index in [0.29, 0.717) is 5.92 Å². The minimum atomic E-state index is 0.158. The molecule has 2 aromatic carbocycles. The molecule has 0 radical (unpaired) electrons. The van der Waals surface area contributed by atoms with Gasteiger partial charge in [0.15, 0.2) is 0 Å². The number of benzene rings is 2. The van der Waals surface area contributed by atoms with Gasteiger partial charge in [0.05, 0.1) is 5.69 Å². The third-order valence-corrected chi connectivity index (χ3v) is 7.07. The molecule has 1 aliphatic rings. The van der Waals surface area contributed by atoms with Crippen LogP contribution in [-0.2, 0) is 16.6 Å². The number of imidazole rings is 1. The molecule has 1 aliphatic heterocycles. The van der Waals surface area contributed by atoms with Crippen LogP contribution in [0.5, 0.6) is 0 Å². The Morgan fingerprint density at radius 1 is 0.970 bits per heavy atom. The summed E-state index contributed by atoms with van der Waals surface area (Å²) in [4.78, 5) is 4.72. The highest BCUT2D eigenvalue weighted by atomic mass is 16.5. The predicted molar refractivity (Wildman–Crippen MR) is 136 cm³/mol. The van der Waals surface area contributed by atoms with Gasteiger partial charge in [0.25, 0.3) is 0 Å². The van der Waals surface area contributed by atoms with Gasteiger partial charge in [0, 0.05) is 32.0 Å². The maximum absolute atomic E-state index is 5.55. The minimum absolute atomic E-state index is 0.158. The molecule has 0 unspecified atom stereocenters. The molecule has 0 atom stereocenters. The van der Waals surface area contributed by atoms with Crippen LogP contribution in [0.3, 0.4) is 0 Å². The Morgan fingerprint density at radius 2 is 1.73 bits per heavy atom. The van der Waals surface area contributed by atoms with Gasteiger partial charge in [0.1, 0.15) is 5.65 Å². The molecule has 1 saturated heterocycles. The van der Waals surface area contributed by atoms with Crippen molar-refractivity contribution in [2.75, 3.05) is 13.2 Å². The monoisotopic (exact) mass is 438 g/mol. The zero-order valence-corrected chi connectivity index (χ0v) is 20.3. The van der Waals surface area contributed by atoms with E-state index in [-0.39, 0.29) is 5.41 Å². The van der Waals surface area contributed by atoms with Crippen molar-refractivity contribution in [1.29, 1.82) is 0 Å². The second-order valence-electron chi connectivity index (χ2n) is 10.4. The van der Waals surface area contributed by atoms with Crippen molar-refractivity contribution in [3.63, 3.8) is 0 Å². The number of fused-ring (bicyclic) bond motifs is 1. The molecule has 3 heterocycles. The summed E-state index contributed by atoms with van der Waals surface area (Å²) >= 11 is 0. The first-order valence-corrected chi connectivity index (χ1v) is 12.1. The third-order valence-electron chi connectivity index (χ3n) is 7.07. The van der Waals surface area contributed by atoms with Crippen molar-refractivity contribution < 1.29 is 4.74 Å². The number of nitrogens with zero attached hydrogens (tertiary/aromatic N) is 2. The topological polar surface area (TPSA) is 26.5 Å². The zero-order chi connectivity index (χ0) is 23.0. The van der Waals surface area contributed by atoms with Crippen LogP contribution in [0.4, 0.5) is 0 Å². The van der Waals surface area contributed by atoms with Crippen LogP contribution in [0.25, 0.3) is 16.9 Å². The summed E-state index contributed by atoms with van der Waals surface area (Å²) in [5, 5.41) is 0. The highest BCUT2D eigenvalue weighted by molar-refractivity contribution is 5.66. The Labute approximate surface area is 197 Å². The molecule has 5 rings (SSSR count). The summed E-state index contributed by atoms with van der Waals surface area (Å²) in [5.74, 6) is 0.635. The van der Waals surface area contributed by atoms with Crippen LogP contribution in [0.2, 0.25) is 0 Å². The normalized spacial score (nSPS) is 15.3. The van der Waals surface area contributed by atoms with Crippen molar-refractivity contribution in [3.8, 4) is 11.3 Å². The zero-order valence-electron chi connectivity index (χ0n) is 20.3. The number of aromatic nitrogens is 2. The molecule has 3 heteroatoms. The van der Waals surface area contributed by atoms with Crippen LogP contribution in [0.1, 0.15) is 67.3 Å². The van der Waals surface area contributed by atoms with E-state index in [1.807, 2.05) is 6.20 Å². The largest absolute Gasteiger partial charge is 0.381 e. The van der Waals surface area contributed by atoms with Gasteiger partial charge in [-0.1, -0.05) is 69.3 Å². The Morgan fingerprint density at radius 3 is 2.42 bits per heavy atom. The van der Waals surface area contributed by atoms with E-state index in [1.54, 1.807) is 0 Å². The first kappa shape index (κ1) is 21.9. The fourth-order valence-electron chi connectivity index (χ4n) is 5.12. The fraction of sp³-hybridized carbons (Fsp3) is 0.367. The summed E-state index contributed by atoms with van der Waals surface area (Å²) in [6, 6.07) is 20.4. The van der Waals surface area contributed by atoms with Gasteiger partial charge in [-0.15, -0.1) is 0 Å². The van der Waals surface area contributed by atoms with Gasteiger partial charge >= 0.3 is 0 Å². The highest BCUT2D eigenvalue weighted by Crippen LogP contribution is 2.31. The molecule has 3 nitrogen and oxygen atoms in total. The Bertz CT molecular complexity index is 1250. The maximum atomic E-state index is 5.55. The number of ether oxygens (including phenoxy) is 1.